The van der Waals surface area contributed by atoms with E-state index in [1.807, 2.05) is 9.30 Å². The van der Waals surface area contributed by atoms with Crippen LogP contribution >= 0.6 is 11.6 Å². The van der Waals surface area contributed by atoms with Crippen LogP contribution in [0.4, 0.5) is 11.6 Å². The number of methoxy groups -OCH3 is 2. The van der Waals surface area contributed by atoms with E-state index >= 15 is 0 Å². The number of hydrogen-bond acceptors (Lipinski definition) is 8. The fourth-order valence-corrected chi connectivity index (χ4v) is 5.91. The van der Waals surface area contributed by atoms with Crippen molar-refractivity contribution in [1.82, 2.24) is 24.3 Å². The maximum Gasteiger partial charge on any atom is 0.256 e. The highest BCUT2D eigenvalue weighted by Crippen LogP contribution is 2.41. The number of piperidine rings is 1. The van der Waals surface area contributed by atoms with Gasteiger partial charge in [-0.25, -0.2) is 15.0 Å². The Morgan fingerprint density at radius 1 is 1.12 bits per heavy atom. The Morgan fingerprint density at radius 2 is 1.98 bits per heavy atom. The number of fused-ring (bicyclic) bond motifs is 2. The minimum absolute atomic E-state index is 0.0229. The maximum absolute atomic E-state index is 13.0. The topological polar surface area (TPSA) is 137 Å². The predicted molar refractivity (Wildman–Crippen MR) is 150 cm³/mol. The lowest BCUT2D eigenvalue weighted by Gasteiger charge is -2.34. The molecule has 2 amide bonds. The monoisotopic (exact) mass is 561 g/mol. The summed E-state index contributed by atoms with van der Waals surface area (Å²) < 4.78 is 12.7. The average molecular weight is 562 g/mol. The highest BCUT2D eigenvalue weighted by Gasteiger charge is 2.38. The molecule has 4 aromatic rings. The van der Waals surface area contributed by atoms with Gasteiger partial charge in [0, 0.05) is 48.3 Å². The number of halogens is 1. The van der Waals surface area contributed by atoms with Crippen LogP contribution in [0, 0.1) is 0 Å². The second-order valence-corrected chi connectivity index (χ2v) is 10.3. The van der Waals surface area contributed by atoms with E-state index in [4.69, 9.17) is 31.8 Å². The quantitative estimate of drug-likeness (QED) is 0.358. The first-order chi connectivity index (χ1) is 19.4. The summed E-state index contributed by atoms with van der Waals surface area (Å²) in [6.45, 7) is 0.579. The van der Waals surface area contributed by atoms with Gasteiger partial charge in [-0.15, -0.1) is 0 Å². The van der Waals surface area contributed by atoms with Crippen molar-refractivity contribution in [3.8, 4) is 22.8 Å². The number of nitrogens with two attached hydrogens (primary N) is 1. The zero-order chi connectivity index (χ0) is 28.0. The molecule has 3 N–H and O–H groups in total. The van der Waals surface area contributed by atoms with Crippen LogP contribution in [0.15, 0.2) is 42.7 Å². The van der Waals surface area contributed by atoms with Crippen LogP contribution in [0.1, 0.15) is 47.8 Å². The molecule has 11 nitrogen and oxygen atoms in total. The van der Waals surface area contributed by atoms with Gasteiger partial charge in [0.2, 0.25) is 5.91 Å². The number of imidazole rings is 1. The number of nitrogens with one attached hydrogen (secondary N) is 1. The highest BCUT2D eigenvalue weighted by molar-refractivity contribution is 6.30. The first kappa shape index (κ1) is 25.9. The third kappa shape index (κ3) is 4.45. The molecule has 0 bridgehead atoms. The van der Waals surface area contributed by atoms with Gasteiger partial charge in [0.25, 0.3) is 5.91 Å². The molecule has 2 aliphatic heterocycles. The molecule has 5 heterocycles. The lowest BCUT2D eigenvalue weighted by atomic mass is 9.92. The number of carbonyl (C=O) groups excluding carboxylic acids is 2. The normalized spacial score (nSPS) is 18.6. The molecule has 0 spiro atoms. The Labute approximate surface area is 235 Å². The number of carbonyl (C=O) groups is 2. The summed E-state index contributed by atoms with van der Waals surface area (Å²) >= 11 is 6.66. The number of ether oxygens (including phenoxy) is 2. The van der Waals surface area contributed by atoms with Gasteiger partial charge in [-0.2, -0.15) is 0 Å². The Kier molecular flexibility index (Phi) is 6.67. The first-order valence-corrected chi connectivity index (χ1v) is 13.4. The Balaban J connectivity index is 1.39. The summed E-state index contributed by atoms with van der Waals surface area (Å²) in [5, 5.41) is 3.14. The Bertz CT molecular complexity index is 1640. The molecule has 6 rings (SSSR count). The van der Waals surface area contributed by atoms with E-state index in [1.165, 1.54) is 13.3 Å². The van der Waals surface area contributed by atoms with Crippen molar-refractivity contribution in [3.63, 3.8) is 0 Å². The zero-order valence-corrected chi connectivity index (χ0v) is 22.8. The van der Waals surface area contributed by atoms with Gasteiger partial charge in [-0.1, -0.05) is 11.6 Å². The zero-order valence-electron chi connectivity index (χ0n) is 22.1. The molecule has 2 unspecified atom stereocenters. The van der Waals surface area contributed by atoms with E-state index in [1.54, 1.807) is 43.6 Å². The molecule has 0 radical (unpaired) electrons. The molecule has 1 aromatic carbocycles. The van der Waals surface area contributed by atoms with E-state index in [0.717, 1.165) is 25.1 Å². The fourth-order valence-electron chi connectivity index (χ4n) is 5.69. The molecular weight excluding hydrogens is 534 g/mol. The van der Waals surface area contributed by atoms with E-state index in [9.17, 15) is 9.59 Å². The van der Waals surface area contributed by atoms with Crippen LogP contribution in [-0.2, 0) is 4.79 Å². The number of anilines is 2. The number of benzene rings is 1. The van der Waals surface area contributed by atoms with Crippen molar-refractivity contribution < 1.29 is 19.1 Å². The Hall–Kier alpha value is -4.38. The van der Waals surface area contributed by atoms with Crippen LogP contribution in [0.5, 0.6) is 11.5 Å². The van der Waals surface area contributed by atoms with Crippen molar-refractivity contribution in [1.29, 1.82) is 0 Å². The number of rotatable bonds is 6. The number of aromatic nitrogens is 4. The van der Waals surface area contributed by atoms with Crippen LogP contribution in [0.25, 0.3) is 16.8 Å². The van der Waals surface area contributed by atoms with Gasteiger partial charge in [0.05, 0.1) is 20.4 Å². The summed E-state index contributed by atoms with van der Waals surface area (Å²) in [5.41, 5.74) is 8.46. The second-order valence-electron chi connectivity index (χ2n) is 9.93. The third-order valence-electron chi connectivity index (χ3n) is 7.68. The maximum atomic E-state index is 13.0. The smallest absolute Gasteiger partial charge is 0.256 e. The van der Waals surface area contributed by atoms with E-state index in [2.05, 4.69) is 15.3 Å². The minimum atomic E-state index is -0.364. The highest BCUT2D eigenvalue weighted by atomic mass is 35.5. The molecule has 40 heavy (non-hydrogen) atoms. The molecule has 0 saturated carbocycles. The average Bonchev–Trinajstić information content (AvgIpc) is 3.56. The Morgan fingerprint density at radius 3 is 2.77 bits per heavy atom. The van der Waals surface area contributed by atoms with Crippen molar-refractivity contribution in [2.45, 2.75) is 37.6 Å². The van der Waals surface area contributed by atoms with Crippen molar-refractivity contribution in [2.24, 2.45) is 0 Å². The SMILES string of the molecule is COc1ccnc(NC(=O)c2ccc(-c3nc(C4CCC5CCC(=O)N5C4)n4c(Cl)cnc(N)c34)c(OC)c2)c1. The standard InChI is InChI=1S/C28H28ClN7O4/c1-39-18-9-10-31-22(12-18)33-28(38)15-4-7-19(20(11-15)40-2)24-25-26(30)32-13-21(29)36(25)27(34-24)16-3-5-17-6-8-23(37)35(17)14-16/h4,7,9-13,16-17H,3,5-6,8,14H2,1-2H3,(H2,30,32)(H,31,33,38). The van der Waals surface area contributed by atoms with Crippen molar-refractivity contribution in [3.05, 3.63) is 59.3 Å². The minimum Gasteiger partial charge on any atom is -0.497 e. The number of hydrogen-bond donors (Lipinski definition) is 2. The van der Waals surface area contributed by atoms with Crippen molar-refractivity contribution >= 4 is 40.6 Å². The molecule has 206 valence electrons. The molecule has 2 saturated heterocycles. The lowest BCUT2D eigenvalue weighted by Crippen LogP contribution is -2.41. The molecule has 0 aliphatic carbocycles. The summed E-state index contributed by atoms with van der Waals surface area (Å²) in [6.07, 6.45) is 6.33. The van der Waals surface area contributed by atoms with Crippen LogP contribution in [0.2, 0.25) is 5.15 Å². The van der Waals surface area contributed by atoms with Gasteiger partial charge in [0.15, 0.2) is 0 Å². The van der Waals surface area contributed by atoms with Gasteiger partial charge < -0.3 is 25.4 Å². The lowest BCUT2D eigenvalue weighted by molar-refractivity contribution is -0.130. The van der Waals surface area contributed by atoms with E-state index in [-0.39, 0.29) is 23.6 Å². The first-order valence-electron chi connectivity index (χ1n) is 13.0. The van der Waals surface area contributed by atoms with Gasteiger partial charge in [-0.05, 0) is 43.5 Å². The molecule has 2 aliphatic rings. The van der Waals surface area contributed by atoms with Gasteiger partial charge in [-0.3, -0.25) is 14.0 Å². The number of amides is 2. The van der Waals surface area contributed by atoms with Crippen LogP contribution in [-0.4, -0.2) is 62.9 Å². The second kappa shape index (κ2) is 10.3. The van der Waals surface area contributed by atoms with Gasteiger partial charge in [0.1, 0.15) is 45.3 Å². The van der Waals surface area contributed by atoms with Crippen LogP contribution in [0.3, 0.4) is 0 Å². The third-order valence-corrected chi connectivity index (χ3v) is 7.95. The number of nitrogens with zero attached hydrogens (tertiary/aromatic N) is 5. The molecule has 3 aromatic heterocycles. The summed E-state index contributed by atoms with van der Waals surface area (Å²) in [7, 11) is 3.07. The van der Waals surface area contributed by atoms with Crippen LogP contribution < -0.4 is 20.5 Å². The van der Waals surface area contributed by atoms with Gasteiger partial charge >= 0.3 is 0 Å². The van der Waals surface area contributed by atoms with E-state index < -0.39 is 0 Å². The summed E-state index contributed by atoms with van der Waals surface area (Å²) in [6, 6.07) is 8.70. The summed E-state index contributed by atoms with van der Waals surface area (Å²) in [5.74, 6) is 2.14. The number of pyridine rings is 1. The predicted octanol–water partition coefficient (Wildman–Crippen LogP) is 4.16. The largest absolute Gasteiger partial charge is 0.497 e. The molecular formula is C28H28ClN7O4. The summed E-state index contributed by atoms with van der Waals surface area (Å²) in [4.78, 5) is 41.0. The fraction of sp³-hybridized carbons (Fsp3) is 0.321. The van der Waals surface area contributed by atoms with Crippen molar-refractivity contribution in [2.75, 3.05) is 31.8 Å². The molecule has 12 heteroatoms. The molecule has 2 atom stereocenters. The number of nitrogen functional groups attached to an aromatic ring is 1. The molecule has 2 fully saturated rings. The van der Waals surface area contributed by atoms with E-state index in [0.29, 0.717) is 63.8 Å².